The van der Waals surface area contributed by atoms with Crippen LogP contribution >= 0.6 is 15.9 Å². The fraction of sp³-hybridized carbons (Fsp3) is 0.231. The number of pyridine rings is 1. The first kappa shape index (κ1) is 12.8. The fourth-order valence-electron chi connectivity index (χ4n) is 1.61. The molecule has 2 rings (SSSR count). The number of nitrogens with one attached hydrogen (secondary N) is 1. The third-order valence-electron chi connectivity index (χ3n) is 2.39. The summed E-state index contributed by atoms with van der Waals surface area (Å²) in [6.07, 6.45) is 1.61. The highest BCUT2D eigenvalue weighted by Crippen LogP contribution is 2.22. The summed E-state index contributed by atoms with van der Waals surface area (Å²) >= 11 is 3.35. The van der Waals surface area contributed by atoms with Gasteiger partial charge in [-0.25, -0.2) is 4.98 Å². The van der Waals surface area contributed by atoms with Gasteiger partial charge in [0.25, 0.3) is 5.91 Å². The largest absolute Gasteiger partial charge is 0.464 e. The first-order valence-electron chi connectivity index (χ1n) is 5.63. The summed E-state index contributed by atoms with van der Waals surface area (Å²) in [6.45, 7) is 2.45. The molecule has 0 aliphatic heterocycles. The first-order valence-corrected chi connectivity index (χ1v) is 6.75. The molecule has 0 bridgehead atoms. The maximum Gasteiger partial charge on any atom is 0.269 e. The first-order chi connectivity index (χ1) is 8.74. The van der Waals surface area contributed by atoms with Crippen LogP contribution in [0.25, 0.3) is 11.3 Å². The topological polar surface area (TPSA) is 55.1 Å². The molecule has 5 heteroatoms. The van der Waals surface area contributed by atoms with Gasteiger partial charge in [-0.15, -0.1) is 0 Å². The highest BCUT2D eigenvalue weighted by Gasteiger charge is 2.11. The molecule has 2 aromatic rings. The number of hydrogen-bond donors (Lipinski definition) is 1. The summed E-state index contributed by atoms with van der Waals surface area (Å²) in [7, 11) is 0. The van der Waals surface area contributed by atoms with E-state index >= 15 is 0 Å². The van der Waals surface area contributed by atoms with Crippen LogP contribution in [-0.2, 0) is 5.33 Å². The van der Waals surface area contributed by atoms with Gasteiger partial charge in [-0.05, 0) is 31.2 Å². The van der Waals surface area contributed by atoms with Crippen molar-refractivity contribution in [1.82, 2.24) is 10.3 Å². The summed E-state index contributed by atoms with van der Waals surface area (Å²) in [5.41, 5.74) is 2.05. The zero-order valence-electron chi connectivity index (χ0n) is 9.94. The molecular formula is C13H13BrN2O2. The third-order valence-corrected chi connectivity index (χ3v) is 2.97. The van der Waals surface area contributed by atoms with Gasteiger partial charge >= 0.3 is 0 Å². The Balaban J connectivity index is 2.42. The van der Waals surface area contributed by atoms with Crippen LogP contribution in [0.4, 0.5) is 0 Å². The van der Waals surface area contributed by atoms with Gasteiger partial charge in [0.15, 0.2) is 0 Å². The van der Waals surface area contributed by atoms with E-state index in [9.17, 15) is 4.79 Å². The fourth-order valence-corrected chi connectivity index (χ4v) is 1.90. The van der Waals surface area contributed by atoms with Crippen LogP contribution in [0.2, 0.25) is 0 Å². The van der Waals surface area contributed by atoms with E-state index in [0.29, 0.717) is 17.6 Å². The Morgan fingerprint density at radius 3 is 2.94 bits per heavy atom. The molecule has 1 amide bonds. The normalized spacial score (nSPS) is 10.3. The monoisotopic (exact) mass is 308 g/mol. The van der Waals surface area contributed by atoms with Crippen LogP contribution in [0, 0.1) is 0 Å². The molecule has 0 aliphatic rings. The molecule has 0 fully saturated rings. The number of carbonyl (C=O) groups is 1. The van der Waals surface area contributed by atoms with Gasteiger partial charge in [0.1, 0.15) is 11.5 Å². The minimum Gasteiger partial charge on any atom is -0.464 e. The zero-order valence-corrected chi connectivity index (χ0v) is 11.5. The quantitative estimate of drug-likeness (QED) is 0.883. The molecule has 0 atom stereocenters. The summed E-state index contributed by atoms with van der Waals surface area (Å²) in [4.78, 5) is 16.1. The number of hydrogen-bond acceptors (Lipinski definition) is 3. The van der Waals surface area contributed by atoms with E-state index in [1.54, 1.807) is 12.3 Å². The van der Waals surface area contributed by atoms with Gasteiger partial charge in [-0.2, -0.15) is 0 Å². The number of halogens is 1. The van der Waals surface area contributed by atoms with Crippen LogP contribution in [0.15, 0.2) is 34.9 Å². The van der Waals surface area contributed by atoms with Crippen molar-refractivity contribution in [2.75, 3.05) is 6.54 Å². The van der Waals surface area contributed by atoms with Crippen molar-refractivity contribution in [1.29, 1.82) is 0 Å². The Labute approximate surface area is 114 Å². The average Bonchev–Trinajstić information content (AvgIpc) is 2.92. The maximum atomic E-state index is 11.8. The molecule has 0 radical (unpaired) electrons. The number of rotatable bonds is 4. The predicted octanol–water partition coefficient (Wildman–Crippen LogP) is 2.99. The van der Waals surface area contributed by atoms with E-state index in [2.05, 4.69) is 26.2 Å². The van der Waals surface area contributed by atoms with Gasteiger partial charge in [0.05, 0.1) is 12.0 Å². The minimum atomic E-state index is -0.173. The molecule has 4 nitrogen and oxygen atoms in total. The number of amides is 1. The average molecular weight is 309 g/mol. The number of alkyl halides is 1. The number of furan rings is 1. The molecule has 0 saturated carbocycles. The highest BCUT2D eigenvalue weighted by atomic mass is 79.9. The van der Waals surface area contributed by atoms with E-state index in [1.807, 2.05) is 25.1 Å². The van der Waals surface area contributed by atoms with Crippen molar-refractivity contribution >= 4 is 21.8 Å². The van der Waals surface area contributed by atoms with Crippen molar-refractivity contribution in [3.8, 4) is 11.3 Å². The smallest absolute Gasteiger partial charge is 0.269 e. The van der Waals surface area contributed by atoms with Crippen molar-refractivity contribution in [3.63, 3.8) is 0 Å². The summed E-state index contributed by atoms with van der Waals surface area (Å²) in [5.74, 6) is 0.554. The van der Waals surface area contributed by atoms with Crippen molar-refractivity contribution in [2.24, 2.45) is 0 Å². The number of nitrogens with zero attached hydrogens (tertiary/aromatic N) is 1. The molecule has 2 aromatic heterocycles. The van der Waals surface area contributed by atoms with Crippen molar-refractivity contribution < 1.29 is 9.21 Å². The summed E-state index contributed by atoms with van der Waals surface area (Å²) in [5, 5.41) is 3.33. The zero-order chi connectivity index (χ0) is 13.0. The lowest BCUT2D eigenvalue weighted by Gasteiger charge is -2.06. The molecule has 0 spiro atoms. The van der Waals surface area contributed by atoms with Crippen LogP contribution in [-0.4, -0.2) is 17.4 Å². The highest BCUT2D eigenvalue weighted by molar-refractivity contribution is 9.08. The second-order valence-corrected chi connectivity index (χ2v) is 4.26. The molecule has 1 N–H and O–H groups in total. The predicted molar refractivity (Wildman–Crippen MR) is 72.6 cm³/mol. The lowest BCUT2D eigenvalue weighted by molar-refractivity contribution is 0.0950. The van der Waals surface area contributed by atoms with Gasteiger partial charge in [0, 0.05) is 17.4 Å². The van der Waals surface area contributed by atoms with E-state index in [-0.39, 0.29) is 5.91 Å². The Morgan fingerprint density at radius 2 is 2.33 bits per heavy atom. The molecule has 0 saturated heterocycles. The Kier molecular flexibility index (Phi) is 4.15. The Bertz CT molecular complexity index is 538. The van der Waals surface area contributed by atoms with Gasteiger partial charge in [-0.3, -0.25) is 4.79 Å². The second-order valence-electron chi connectivity index (χ2n) is 3.70. The third kappa shape index (κ3) is 2.79. The van der Waals surface area contributed by atoms with E-state index in [4.69, 9.17) is 4.42 Å². The van der Waals surface area contributed by atoms with Crippen LogP contribution in [0.3, 0.4) is 0 Å². The van der Waals surface area contributed by atoms with Crippen molar-refractivity contribution in [2.45, 2.75) is 12.3 Å². The van der Waals surface area contributed by atoms with Crippen LogP contribution < -0.4 is 5.32 Å². The standard InChI is InChI=1S/C13H13BrN2O2/c1-2-15-13(17)11-7-9(6-10(8-14)16-11)12-4-3-5-18-12/h3-7H,2,8H2,1H3,(H,15,17). The summed E-state index contributed by atoms with van der Waals surface area (Å²) in [6, 6.07) is 7.30. The van der Waals surface area contributed by atoms with Crippen LogP contribution in [0.1, 0.15) is 23.1 Å². The van der Waals surface area contributed by atoms with E-state index in [1.165, 1.54) is 0 Å². The Morgan fingerprint density at radius 1 is 1.50 bits per heavy atom. The number of carbonyl (C=O) groups excluding carboxylic acids is 1. The summed E-state index contributed by atoms with van der Waals surface area (Å²) < 4.78 is 5.34. The molecule has 2 heterocycles. The SMILES string of the molecule is CCNC(=O)c1cc(-c2ccco2)cc(CBr)n1. The molecule has 0 aliphatic carbocycles. The van der Waals surface area contributed by atoms with Gasteiger partial charge < -0.3 is 9.73 Å². The lowest BCUT2D eigenvalue weighted by atomic mass is 10.1. The van der Waals surface area contributed by atoms with Crippen molar-refractivity contribution in [3.05, 3.63) is 41.9 Å². The maximum absolute atomic E-state index is 11.8. The molecular weight excluding hydrogens is 296 g/mol. The molecule has 0 aromatic carbocycles. The molecule has 0 unspecified atom stereocenters. The molecule has 94 valence electrons. The second kappa shape index (κ2) is 5.82. The van der Waals surface area contributed by atoms with Gasteiger partial charge in [-0.1, -0.05) is 15.9 Å². The lowest BCUT2D eigenvalue weighted by Crippen LogP contribution is -2.24. The molecule has 18 heavy (non-hydrogen) atoms. The van der Waals surface area contributed by atoms with Crippen LogP contribution in [0.5, 0.6) is 0 Å². The van der Waals surface area contributed by atoms with E-state index < -0.39 is 0 Å². The Hall–Kier alpha value is -1.62. The van der Waals surface area contributed by atoms with E-state index in [0.717, 1.165) is 17.0 Å². The number of aromatic nitrogens is 1. The van der Waals surface area contributed by atoms with Gasteiger partial charge in [0.2, 0.25) is 0 Å². The minimum absolute atomic E-state index is 0.173.